The molecule has 80 heavy (non-hydrogen) atoms. The number of imidazole rings is 2. The van der Waals surface area contributed by atoms with Gasteiger partial charge in [-0.15, -0.1) is 23.2 Å². The standard InChI is InChI=1S/C25H27N7O.C13H13BN4O2.C12H16IN3O.C2H4Cl2.CH2O3.2K.H/c1-4-21(33)31-9-10-32-20(14-31)23(29-25(32)16-5-6-16)18-7-8-26-24-19(18)11-15(2)22(28-24)17-12-27-30(3)13-17;1-8-5-10-11(14(19)20)3-4-15-13(10)17-12(8)9-6-16-18(2)7-9;1-2-10(17)15-5-6-16-9(7-15)11(13)14-12(16)8-3-4-8;1-2(3)4;2-1-4-3;;;/h7-8,11-13,16H,4-6,9-10,14H2,1-3H3;3-7,19-20H,1-2H3;8H,2-7H2,1H3;2H,1H3;1,3H;;;/q;;;;;2*+1;-1/p-1. The van der Waals surface area contributed by atoms with Crippen LogP contribution in [0.4, 0.5) is 0 Å². The van der Waals surface area contributed by atoms with Crippen molar-refractivity contribution in [2.75, 3.05) is 13.1 Å². The van der Waals surface area contributed by atoms with Crippen molar-refractivity contribution in [2.45, 2.75) is 116 Å². The number of alkyl halides is 2. The summed E-state index contributed by atoms with van der Waals surface area (Å²) in [7, 11) is 2.21. The Kier molecular flexibility index (Phi) is 24.9. The fourth-order valence-corrected chi connectivity index (χ4v) is 10.3. The van der Waals surface area contributed by atoms with Gasteiger partial charge in [0.1, 0.15) is 20.2 Å². The molecule has 4 aliphatic rings. The van der Waals surface area contributed by atoms with Crippen molar-refractivity contribution in [2.24, 2.45) is 14.1 Å². The smallest absolute Gasteiger partial charge is 1.00 e. The zero-order valence-corrected chi connectivity index (χ0v) is 56.4. The number of carbonyl (C=O) groups is 3. The van der Waals surface area contributed by atoms with Crippen LogP contribution in [-0.4, -0.2) is 122 Å². The van der Waals surface area contributed by atoms with E-state index in [4.69, 9.17) is 43.2 Å². The van der Waals surface area contributed by atoms with E-state index in [-0.39, 0.29) is 127 Å². The van der Waals surface area contributed by atoms with Crippen molar-refractivity contribution in [1.82, 2.24) is 68.4 Å². The molecular formula is C53H62BCl2IK2N14O7. The molecule has 0 bridgehead atoms. The van der Waals surface area contributed by atoms with Crippen LogP contribution < -0.4 is 113 Å². The van der Waals surface area contributed by atoms with E-state index in [0.717, 1.165) is 92.4 Å². The largest absolute Gasteiger partial charge is 1.00 e. The number of hydrogen-bond donors (Lipinski definition) is 2. The van der Waals surface area contributed by atoms with Crippen LogP contribution in [0.5, 0.6) is 0 Å². The average Bonchev–Trinajstić information content (AvgIpc) is 4.53. The predicted molar refractivity (Wildman–Crippen MR) is 304 cm³/mol. The maximum atomic E-state index is 12.5. The molecule has 21 nitrogen and oxygen atoms in total. The second kappa shape index (κ2) is 30.1. The van der Waals surface area contributed by atoms with Crippen LogP contribution in [0, 0.1) is 17.5 Å². The second-order valence-corrected chi connectivity index (χ2v) is 21.9. The van der Waals surface area contributed by atoms with Gasteiger partial charge in [0.15, 0.2) is 11.3 Å². The first-order valence-electron chi connectivity index (χ1n) is 25.7. The molecule has 0 unspecified atom stereocenters. The van der Waals surface area contributed by atoms with Crippen LogP contribution in [0.15, 0.2) is 61.4 Å². The van der Waals surface area contributed by atoms with Gasteiger partial charge in [-0.2, -0.15) is 10.2 Å². The van der Waals surface area contributed by atoms with Gasteiger partial charge in [0.05, 0.1) is 54.0 Å². The Morgan fingerprint density at radius 3 is 1.66 bits per heavy atom. The van der Waals surface area contributed by atoms with Crippen molar-refractivity contribution < 1.29 is 139 Å². The maximum Gasteiger partial charge on any atom is 1.00 e. The molecule has 0 radical (unpaired) electrons. The molecule has 0 spiro atoms. The van der Waals surface area contributed by atoms with E-state index in [1.54, 1.807) is 28.6 Å². The Hall–Kier alpha value is -3.10. The molecule has 10 heterocycles. The first-order valence-corrected chi connectivity index (χ1v) is 27.7. The number of nitrogens with zero attached hydrogens (tertiary/aromatic N) is 14. The molecule has 2 fully saturated rings. The van der Waals surface area contributed by atoms with Gasteiger partial charge in [0.2, 0.25) is 11.8 Å². The number of rotatable bonds is 9. The third kappa shape index (κ3) is 16.0. The van der Waals surface area contributed by atoms with Crippen molar-refractivity contribution >= 4 is 98.7 Å². The third-order valence-electron chi connectivity index (χ3n) is 13.6. The number of carbonyl (C=O) groups excluding carboxylic acids is 3. The van der Waals surface area contributed by atoms with Crippen molar-refractivity contribution in [1.29, 1.82) is 0 Å². The van der Waals surface area contributed by atoms with Gasteiger partial charge >= 0.3 is 110 Å². The zero-order chi connectivity index (χ0) is 55.9. The number of aryl methyl sites for hydroxylation is 4. The first-order chi connectivity index (χ1) is 37.4. The van der Waals surface area contributed by atoms with Crippen molar-refractivity contribution in [3.8, 4) is 33.8 Å². The fourth-order valence-electron chi connectivity index (χ4n) is 9.61. The predicted octanol–water partition coefficient (Wildman–Crippen LogP) is 0.333. The van der Waals surface area contributed by atoms with Crippen LogP contribution >= 0.6 is 45.8 Å². The van der Waals surface area contributed by atoms with E-state index < -0.39 is 7.12 Å². The summed E-state index contributed by atoms with van der Waals surface area (Å²) in [6.45, 7) is 14.0. The Bertz CT molecular complexity index is 3470. The summed E-state index contributed by atoms with van der Waals surface area (Å²) in [6.07, 6.45) is 16.8. The minimum absolute atomic E-state index is 0. The SMILES string of the molecule is CC(Cl)Cl.CCC(=O)N1CCn2c(C3CC3)nc(-c3ccnc4nc(-c5cnn(C)c5)c(C)cc34)c2C1.CCC(=O)N1CCn2c(C3CC3)nc(I)c2C1.Cc1cc2c(B(O)O)ccnc2nc1-c1cnn(C)c1.O=CO[O-].[H-].[K+].[K+]. The number of pyridine rings is 4. The van der Waals surface area contributed by atoms with Crippen LogP contribution in [0.3, 0.4) is 0 Å². The molecule has 0 aromatic carbocycles. The van der Waals surface area contributed by atoms with Crippen LogP contribution in [0.25, 0.3) is 55.8 Å². The number of aromatic nitrogens is 12. The summed E-state index contributed by atoms with van der Waals surface area (Å²) in [5.41, 5.74) is 11.5. The van der Waals surface area contributed by atoms with Gasteiger partial charge < -0.3 is 40.6 Å². The quantitative estimate of drug-likeness (QED) is 0.0494. The molecule has 2 aliphatic carbocycles. The monoisotopic (exact) mass is 1290 g/mol. The normalized spacial score (nSPS) is 14.1. The molecule has 12 rings (SSSR count). The fraction of sp³-hybridized carbons (Fsp3) is 0.415. The molecule has 2 N–H and O–H groups in total. The molecular weight excluding hydrogens is 1230 g/mol. The summed E-state index contributed by atoms with van der Waals surface area (Å²) in [6, 6.07) is 7.64. The van der Waals surface area contributed by atoms with Gasteiger partial charge in [-0.3, -0.25) is 23.7 Å². The number of amides is 2. The van der Waals surface area contributed by atoms with Crippen molar-refractivity contribution in [3.05, 3.63) is 99.3 Å². The number of fused-ring (bicyclic) bond motifs is 4. The van der Waals surface area contributed by atoms with E-state index in [9.17, 15) is 19.6 Å². The number of halogens is 3. The molecule has 0 atom stereocenters. The summed E-state index contributed by atoms with van der Waals surface area (Å²) < 4.78 is 9.28. The minimum Gasteiger partial charge on any atom is -1.00 e. The Labute approximate surface area is 574 Å². The molecule has 0 saturated heterocycles. The molecule has 2 amide bonds. The second-order valence-electron chi connectivity index (χ2n) is 19.4. The van der Waals surface area contributed by atoms with Crippen LogP contribution in [0.2, 0.25) is 0 Å². The first kappa shape index (κ1) is 66.0. The van der Waals surface area contributed by atoms with Crippen LogP contribution in [0.1, 0.15) is 107 Å². The Balaban J connectivity index is 0.000000216. The van der Waals surface area contributed by atoms with E-state index in [2.05, 4.69) is 79.7 Å². The minimum atomic E-state index is -1.54. The summed E-state index contributed by atoms with van der Waals surface area (Å²) in [5, 5.41) is 37.3. The van der Waals surface area contributed by atoms with E-state index in [1.165, 1.54) is 49.2 Å². The van der Waals surface area contributed by atoms with Gasteiger partial charge in [0.25, 0.3) is 6.47 Å². The summed E-state index contributed by atoms with van der Waals surface area (Å²) in [4.78, 5) is 67.2. The topological polar surface area (TPSA) is 253 Å². The summed E-state index contributed by atoms with van der Waals surface area (Å²) in [5.74, 6) is 4.10. The van der Waals surface area contributed by atoms with Gasteiger partial charge in [0, 0.05) is 117 Å². The zero-order valence-electron chi connectivity index (χ0n) is 47.5. The molecule has 8 aromatic rings. The van der Waals surface area contributed by atoms with Crippen LogP contribution in [-0.2, 0) is 59.5 Å². The van der Waals surface area contributed by atoms with Gasteiger partial charge in [-0.05, 0) is 110 Å². The van der Waals surface area contributed by atoms with E-state index >= 15 is 0 Å². The average molecular weight is 1290 g/mol. The Morgan fingerprint density at radius 1 is 0.762 bits per heavy atom. The van der Waals surface area contributed by atoms with Crippen molar-refractivity contribution in [3.63, 3.8) is 0 Å². The van der Waals surface area contributed by atoms with Gasteiger partial charge in [-0.25, -0.2) is 29.9 Å². The Morgan fingerprint density at radius 2 is 1.21 bits per heavy atom. The summed E-state index contributed by atoms with van der Waals surface area (Å²) >= 11 is 12.4. The number of hydrogen-bond acceptors (Lipinski definition) is 15. The molecule has 2 aliphatic heterocycles. The van der Waals surface area contributed by atoms with E-state index in [0.29, 0.717) is 53.4 Å². The molecule has 412 valence electrons. The molecule has 27 heteroatoms. The maximum absolute atomic E-state index is 12.5. The third-order valence-corrected chi connectivity index (χ3v) is 14.5. The van der Waals surface area contributed by atoms with Gasteiger partial charge in [-0.1, -0.05) is 13.8 Å². The molecule has 8 aromatic heterocycles. The molecule has 2 saturated carbocycles. The van der Waals surface area contributed by atoms with E-state index in [1.807, 2.05) is 81.6 Å².